The minimum absolute atomic E-state index is 0.200. The van der Waals surface area contributed by atoms with Crippen LogP contribution in [0.5, 0.6) is 0 Å². The van der Waals surface area contributed by atoms with Gasteiger partial charge in [-0.15, -0.1) is 0 Å². The Bertz CT molecular complexity index is 430. The second-order valence-corrected chi connectivity index (χ2v) is 5.37. The van der Waals surface area contributed by atoms with E-state index in [1.54, 1.807) is 0 Å². The number of unbranched alkanes of at least 4 members (excludes halogenated alkanes) is 1. The van der Waals surface area contributed by atoms with Gasteiger partial charge in [0, 0.05) is 18.4 Å². The van der Waals surface area contributed by atoms with Crippen LogP contribution in [0.3, 0.4) is 0 Å². The predicted molar refractivity (Wildman–Crippen MR) is 81.7 cm³/mol. The molecule has 0 aliphatic carbocycles. The molecule has 0 amide bonds. The Hall–Kier alpha value is -1.35. The summed E-state index contributed by atoms with van der Waals surface area (Å²) in [5, 5.41) is 4.33. The lowest BCUT2D eigenvalue weighted by Crippen LogP contribution is -2.38. The van der Waals surface area contributed by atoms with Crippen LogP contribution in [0.25, 0.3) is 0 Å². The number of oxime groups is 1. The summed E-state index contributed by atoms with van der Waals surface area (Å²) >= 11 is 0. The van der Waals surface area contributed by atoms with Crippen LogP contribution in [0, 0.1) is 11.8 Å². The summed E-state index contributed by atoms with van der Waals surface area (Å²) in [6, 6.07) is 10.3. The lowest BCUT2D eigenvalue weighted by Gasteiger charge is -2.34. The second-order valence-electron chi connectivity index (χ2n) is 5.37. The Balaban J connectivity index is 2.19. The van der Waals surface area contributed by atoms with E-state index in [2.05, 4.69) is 31.1 Å². The average Bonchev–Trinajstić information content (AvgIpc) is 2.48. The van der Waals surface area contributed by atoms with Crippen molar-refractivity contribution >= 4 is 5.71 Å². The molecule has 0 saturated heterocycles. The summed E-state index contributed by atoms with van der Waals surface area (Å²) in [5.41, 5.74) is 2.19. The van der Waals surface area contributed by atoms with E-state index in [1.165, 1.54) is 12.8 Å². The third-order valence-electron chi connectivity index (χ3n) is 3.97. The molecule has 1 aromatic rings. The van der Waals surface area contributed by atoms with E-state index in [4.69, 9.17) is 9.57 Å². The van der Waals surface area contributed by atoms with Crippen LogP contribution in [-0.4, -0.2) is 18.6 Å². The van der Waals surface area contributed by atoms with Crippen LogP contribution in [0.2, 0.25) is 0 Å². The van der Waals surface area contributed by atoms with E-state index in [0.29, 0.717) is 18.4 Å². The summed E-state index contributed by atoms with van der Waals surface area (Å²) in [6.45, 7) is 7.12. The van der Waals surface area contributed by atoms with Gasteiger partial charge in [0.15, 0.2) is 0 Å². The van der Waals surface area contributed by atoms with Gasteiger partial charge >= 0.3 is 0 Å². The van der Waals surface area contributed by atoms with Crippen LogP contribution in [0.4, 0.5) is 0 Å². The fourth-order valence-corrected chi connectivity index (χ4v) is 2.78. The molecule has 0 bridgehead atoms. The molecule has 1 aliphatic rings. The third kappa shape index (κ3) is 3.40. The number of hydrogen-bond donors (Lipinski definition) is 0. The number of benzene rings is 1. The number of rotatable bonds is 6. The number of ether oxygens (including phenoxy) is 1. The highest BCUT2D eigenvalue weighted by Gasteiger charge is 2.36. The minimum atomic E-state index is -0.200. The summed E-state index contributed by atoms with van der Waals surface area (Å²) in [7, 11) is 0. The van der Waals surface area contributed by atoms with E-state index < -0.39 is 0 Å². The Labute approximate surface area is 122 Å². The zero-order chi connectivity index (χ0) is 14.4. The van der Waals surface area contributed by atoms with Gasteiger partial charge in [-0.25, -0.2) is 0 Å². The maximum atomic E-state index is 5.72. The van der Waals surface area contributed by atoms with Crippen LogP contribution >= 0.6 is 0 Å². The molecule has 1 heterocycles. The lowest BCUT2D eigenvalue weighted by molar-refractivity contribution is -0.185. The maximum Gasteiger partial charge on any atom is 0.230 e. The molecule has 3 nitrogen and oxygen atoms in total. The Morgan fingerprint density at radius 3 is 2.60 bits per heavy atom. The summed E-state index contributed by atoms with van der Waals surface area (Å²) in [5.74, 6) is 0.733. The first-order valence-corrected chi connectivity index (χ1v) is 7.68. The molecule has 20 heavy (non-hydrogen) atoms. The van der Waals surface area contributed by atoms with Crippen molar-refractivity contribution in [2.45, 2.75) is 46.3 Å². The van der Waals surface area contributed by atoms with Gasteiger partial charge in [-0.05, 0) is 18.9 Å². The summed E-state index contributed by atoms with van der Waals surface area (Å²) in [6.07, 6.45) is 3.31. The molecule has 0 saturated carbocycles. The summed E-state index contributed by atoms with van der Waals surface area (Å²) in [4.78, 5) is 5.63. The molecule has 0 unspecified atom stereocenters. The van der Waals surface area contributed by atoms with Crippen molar-refractivity contribution in [3.05, 3.63) is 35.9 Å². The predicted octanol–water partition coefficient (Wildman–Crippen LogP) is 4.23. The minimum Gasteiger partial charge on any atom is -0.363 e. The molecule has 3 atom stereocenters. The number of nitrogens with zero attached hydrogens (tertiary/aromatic N) is 1. The molecule has 110 valence electrons. The zero-order valence-electron chi connectivity index (χ0n) is 12.7. The van der Waals surface area contributed by atoms with Gasteiger partial charge < -0.3 is 9.57 Å². The van der Waals surface area contributed by atoms with E-state index in [1.807, 2.05) is 25.1 Å². The SMILES string of the molecule is CCCC[C@H]1[C@H](OCC)ON=C(c2ccccc2)[C@@H]1C. The normalized spacial score (nSPS) is 25.9. The van der Waals surface area contributed by atoms with Crippen molar-refractivity contribution in [3.8, 4) is 0 Å². The molecule has 1 aliphatic heterocycles. The Morgan fingerprint density at radius 2 is 1.95 bits per heavy atom. The highest BCUT2D eigenvalue weighted by atomic mass is 16.8. The van der Waals surface area contributed by atoms with Crippen LogP contribution in [0.1, 0.15) is 45.6 Å². The largest absolute Gasteiger partial charge is 0.363 e. The third-order valence-corrected chi connectivity index (χ3v) is 3.97. The van der Waals surface area contributed by atoms with Crippen LogP contribution in [-0.2, 0) is 9.57 Å². The fraction of sp³-hybridized carbons (Fsp3) is 0.588. The number of hydrogen-bond acceptors (Lipinski definition) is 3. The van der Waals surface area contributed by atoms with Crippen LogP contribution < -0.4 is 0 Å². The van der Waals surface area contributed by atoms with Gasteiger partial charge in [0.2, 0.25) is 6.29 Å². The Morgan fingerprint density at radius 1 is 1.20 bits per heavy atom. The highest BCUT2D eigenvalue weighted by Crippen LogP contribution is 2.32. The van der Waals surface area contributed by atoms with Gasteiger partial charge in [-0.2, -0.15) is 0 Å². The van der Waals surface area contributed by atoms with Crippen LogP contribution in [0.15, 0.2) is 35.5 Å². The van der Waals surface area contributed by atoms with Crippen molar-refractivity contribution in [1.29, 1.82) is 0 Å². The molecule has 0 aromatic heterocycles. The molecule has 0 fully saturated rings. The quantitative estimate of drug-likeness (QED) is 0.778. The van der Waals surface area contributed by atoms with Crippen molar-refractivity contribution in [2.24, 2.45) is 17.0 Å². The monoisotopic (exact) mass is 275 g/mol. The molecule has 3 heteroatoms. The first kappa shape index (κ1) is 15.0. The van der Waals surface area contributed by atoms with Gasteiger partial charge in [0.25, 0.3) is 0 Å². The van der Waals surface area contributed by atoms with Crippen molar-refractivity contribution in [2.75, 3.05) is 6.61 Å². The maximum absolute atomic E-state index is 5.72. The van der Waals surface area contributed by atoms with E-state index in [-0.39, 0.29) is 6.29 Å². The van der Waals surface area contributed by atoms with Gasteiger partial charge in [0.05, 0.1) is 5.71 Å². The van der Waals surface area contributed by atoms with E-state index in [9.17, 15) is 0 Å². The van der Waals surface area contributed by atoms with Gasteiger partial charge in [-0.1, -0.05) is 62.2 Å². The van der Waals surface area contributed by atoms with Crippen molar-refractivity contribution in [3.63, 3.8) is 0 Å². The first-order valence-electron chi connectivity index (χ1n) is 7.68. The van der Waals surface area contributed by atoms with E-state index in [0.717, 1.165) is 17.7 Å². The van der Waals surface area contributed by atoms with Crippen molar-refractivity contribution < 1.29 is 9.57 Å². The smallest absolute Gasteiger partial charge is 0.230 e. The molecule has 0 N–H and O–H groups in total. The first-order chi connectivity index (χ1) is 9.77. The summed E-state index contributed by atoms with van der Waals surface area (Å²) < 4.78 is 5.72. The lowest BCUT2D eigenvalue weighted by atomic mass is 9.82. The average molecular weight is 275 g/mol. The van der Waals surface area contributed by atoms with E-state index >= 15 is 0 Å². The van der Waals surface area contributed by atoms with Gasteiger partial charge in [-0.3, -0.25) is 0 Å². The highest BCUT2D eigenvalue weighted by molar-refractivity contribution is 6.02. The molecular weight excluding hydrogens is 250 g/mol. The molecule has 1 aromatic carbocycles. The zero-order valence-corrected chi connectivity index (χ0v) is 12.7. The molecule has 2 rings (SSSR count). The van der Waals surface area contributed by atoms with Gasteiger partial charge in [0.1, 0.15) is 0 Å². The van der Waals surface area contributed by atoms with Crippen molar-refractivity contribution in [1.82, 2.24) is 0 Å². The molecule has 0 spiro atoms. The second kappa shape index (κ2) is 7.44. The topological polar surface area (TPSA) is 30.8 Å². The molecular formula is C17H25NO2. The standard InChI is InChI=1S/C17H25NO2/c1-4-6-12-15-13(3)16(14-10-8-7-9-11-14)18-20-17(15)19-5-2/h7-11,13,15,17H,4-6,12H2,1-3H3/t13-,15-,17-/m1/s1. The Kier molecular flexibility index (Phi) is 5.60. The fourth-order valence-electron chi connectivity index (χ4n) is 2.78. The molecule has 0 radical (unpaired) electrons.